The molecular weight excluding hydrogens is 382 g/mol. The lowest BCUT2D eigenvalue weighted by molar-refractivity contribution is 0.146. The highest BCUT2D eigenvalue weighted by atomic mass is 35.5. The molecular formula is C14H15Cl2FN2O4S. The number of methoxy groups -OCH3 is 1. The Morgan fingerprint density at radius 3 is 2.50 bits per heavy atom. The normalized spacial score (nSPS) is 11.8. The molecule has 6 nitrogen and oxygen atoms in total. The molecule has 1 aromatic carbocycles. The van der Waals surface area contributed by atoms with Crippen molar-refractivity contribution in [3.8, 4) is 17.0 Å². The average Bonchev–Trinajstić information content (AvgIpc) is 2.76. The van der Waals surface area contributed by atoms with Crippen molar-refractivity contribution in [1.82, 2.24) is 9.78 Å². The highest BCUT2D eigenvalue weighted by Gasteiger charge is 2.25. The van der Waals surface area contributed by atoms with Gasteiger partial charge in [0, 0.05) is 26.0 Å². The molecule has 2 aromatic rings. The van der Waals surface area contributed by atoms with Gasteiger partial charge in [0.15, 0.2) is 14.9 Å². The fourth-order valence-electron chi connectivity index (χ4n) is 2.11. The summed E-state index contributed by atoms with van der Waals surface area (Å²) in [4.78, 5) is 0. The van der Waals surface area contributed by atoms with Gasteiger partial charge in [-0.25, -0.2) is 12.8 Å². The first-order chi connectivity index (χ1) is 11.2. The van der Waals surface area contributed by atoms with E-state index in [9.17, 15) is 12.8 Å². The van der Waals surface area contributed by atoms with E-state index in [-0.39, 0.29) is 38.7 Å². The number of sulfone groups is 1. The molecule has 0 radical (unpaired) electrons. The summed E-state index contributed by atoms with van der Waals surface area (Å²) in [6.45, 7) is 0.539. The predicted molar refractivity (Wildman–Crippen MR) is 89.1 cm³/mol. The summed E-state index contributed by atoms with van der Waals surface area (Å²) in [5.41, 5.74) is -0.0207. The first-order valence-corrected chi connectivity index (χ1v) is 9.35. The van der Waals surface area contributed by atoms with Gasteiger partial charge >= 0.3 is 0 Å². The zero-order valence-electron chi connectivity index (χ0n) is 13.1. The molecule has 2 rings (SSSR count). The molecule has 10 heteroatoms. The van der Waals surface area contributed by atoms with Crippen molar-refractivity contribution in [1.29, 1.82) is 0 Å². The lowest BCUT2D eigenvalue weighted by Crippen LogP contribution is -2.05. The second kappa shape index (κ2) is 7.26. The van der Waals surface area contributed by atoms with E-state index < -0.39 is 15.7 Å². The van der Waals surface area contributed by atoms with E-state index in [0.717, 1.165) is 17.0 Å². The van der Waals surface area contributed by atoms with E-state index in [4.69, 9.17) is 32.7 Å². The minimum atomic E-state index is -3.63. The van der Waals surface area contributed by atoms with Gasteiger partial charge in [0.2, 0.25) is 0 Å². The van der Waals surface area contributed by atoms with Crippen molar-refractivity contribution in [3.63, 3.8) is 0 Å². The number of halogens is 3. The molecule has 0 amide bonds. The molecule has 0 N–H and O–H groups in total. The predicted octanol–water partition coefficient (Wildman–Crippen LogP) is 2.96. The molecule has 0 unspecified atom stereocenters. The van der Waals surface area contributed by atoms with E-state index in [1.54, 1.807) is 0 Å². The van der Waals surface area contributed by atoms with Crippen LogP contribution in [0.5, 0.6) is 5.75 Å². The van der Waals surface area contributed by atoms with Crippen LogP contribution in [-0.4, -0.2) is 44.8 Å². The lowest BCUT2D eigenvalue weighted by atomic mass is 10.1. The summed E-state index contributed by atoms with van der Waals surface area (Å²) in [6.07, 6.45) is 0.997. The van der Waals surface area contributed by atoms with Crippen LogP contribution in [0.25, 0.3) is 11.3 Å². The maximum absolute atomic E-state index is 14.3. The van der Waals surface area contributed by atoms with E-state index in [1.165, 1.54) is 20.2 Å². The number of rotatable bonds is 6. The number of aromatic nitrogens is 2. The Kier molecular flexibility index (Phi) is 5.74. The van der Waals surface area contributed by atoms with Gasteiger partial charge in [-0.3, -0.25) is 4.68 Å². The van der Waals surface area contributed by atoms with Gasteiger partial charge in [-0.2, -0.15) is 5.10 Å². The van der Waals surface area contributed by atoms with Gasteiger partial charge in [0.1, 0.15) is 28.9 Å². The number of hydrogen-bond acceptors (Lipinski definition) is 5. The third-order valence-electron chi connectivity index (χ3n) is 3.11. The average molecular weight is 397 g/mol. The maximum Gasteiger partial charge on any atom is 0.193 e. The van der Waals surface area contributed by atoms with Crippen molar-refractivity contribution in [2.75, 3.05) is 26.6 Å². The molecule has 0 saturated heterocycles. The van der Waals surface area contributed by atoms with Crippen molar-refractivity contribution in [2.24, 2.45) is 7.05 Å². The van der Waals surface area contributed by atoms with Crippen LogP contribution in [0.1, 0.15) is 0 Å². The van der Waals surface area contributed by atoms with Crippen LogP contribution in [0, 0.1) is 5.82 Å². The number of nitrogens with zero attached hydrogens (tertiary/aromatic N) is 2. The zero-order valence-corrected chi connectivity index (χ0v) is 15.5. The summed E-state index contributed by atoms with van der Waals surface area (Å²) in [5, 5.41) is 3.73. The minimum absolute atomic E-state index is 0.00894. The summed E-state index contributed by atoms with van der Waals surface area (Å²) >= 11 is 12.1. The quantitative estimate of drug-likeness (QED) is 0.701. The number of ether oxygens (including phenoxy) is 2. The molecule has 1 heterocycles. The monoisotopic (exact) mass is 396 g/mol. The van der Waals surface area contributed by atoms with Gasteiger partial charge in [0.25, 0.3) is 0 Å². The Morgan fingerprint density at radius 1 is 1.29 bits per heavy atom. The van der Waals surface area contributed by atoms with E-state index in [0.29, 0.717) is 6.61 Å². The topological polar surface area (TPSA) is 70.4 Å². The van der Waals surface area contributed by atoms with Crippen molar-refractivity contribution in [2.45, 2.75) is 5.03 Å². The van der Waals surface area contributed by atoms with Crippen molar-refractivity contribution >= 4 is 33.0 Å². The molecule has 0 aliphatic heterocycles. The highest BCUT2D eigenvalue weighted by molar-refractivity contribution is 7.90. The Morgan fingerprint density at radius 2 is 1.96 bits per heavy atom. The van der Waals surface area contributed by atoms with Crippen LogP contribution in [0.4, 0.5) is 4.39 Å². The Bertz CT molecular complexity index is 868. The van der Waals surface area contributed by atoms with Gasteiger partial charge in [-0.1, -0.05) is 23.2 Å². The second-order valence-corrected chi connectivity index (χ2v) is 7.68. The molecule has 0 atom stereocenters. The Balaban J connectivity index is 2.55. The molecule has 0 saturated carbocycles. The largest absolute Gasteiger partial charge is 0.490 e. The molecule has 0 fully saturated rings. The first-order valence-electron chi connectivity index (χ1n) is 6.70. The van der Waals surface area contributed by atoms with Crippen molar-refractivity contribution in [3.05, 3.63) is 28.0 Å². The molecule has 24 heavy (non-hydrogen) atoms. The molecule has 1 aromatic heterocycles. The minimum Gasteiger partial charge on any atom is -0.490 e. The van der Waals surface area contributed by atoms with Crippen LogP contribution in [0.15, 0.2) is 17.2 Å². The molecule has 0 spiro atoms. The number of benzene rings is 1. The standard InChI is InChI=1S/C14H15Cl2FN2O4S/c1-19-14(24(3,20)21)12(16)13(18-19)8-6-11(23-5-4-22-2)9(15)7-10(8)17/h6-7H,4-5H2,1-3H3. The highest BCUT2D eigenvalue weighted by Crippen LogP contribution is 2.38. The Hall–Kier alpha value is -1.35. The van der Waals surface area contributed by atoms with Gasteiger partial charge in [0.05, 0.1) is 11.6 Å². The number of aryl methyl sites for hydroxylation is 1. The summed E-state index contributed by atoms with van der Waals surface area (Å²) < 4.78 is 49.3. The number of hydrogen-bond donors (Lipinski definition) is 0. The fraction of sp³-hybridized carbons (Fsp3) is 0.357. The maximum atomic E-state index is 14.3. The third-order valence-corrected chi connectivity index (χ3v) is 5.05. The lowest BCUT2D eigenvalue weighted by Gasteiger charge is -2.10. The van der Waals surface area contributed by atoms with Gasteiger partial charge in [-0.05, 0) is 12.1 Å². The molecule has 0 aliphatic rings. The first kappa shape index (κ1) is 19.0. The van der Waals surface area contributed by atoms with Crippen LogP contribution < -0.4 is 4.74 Å². The van der Waals surface area contributed by atoms with Crippen LogP contribution in [0.2, 0.25) is 10.0 Å². The Labute approximate surface area is 149 Å². The van der Waals surface area contributed by atoms with Gasteiger partial charge in [-0.15, -0.1) is 0 Å². The molecule has 0 bridgehead atoms. The van der Waals surface area contributed by atoms with Crippen LogP contribution in [-0.2, 0) is 21.6 Å². The van der Waals surface area contributed by atoms with E-state index in [1.807, 2.05) is 0 Å². The fourth-order valence-corrected chi connectivity index (χ4v) is 3.94. The van der Waals surface area contributed by atoms with Crippen LogP contribution >= 0.6 is 23.2 Å². The molecule has 132 valence electrons. The summed E-state index contributed by atoms with van der Waals surface area (Å²) in [6, 6.07) is 2.39. The van der Waals surface area contributed by atoms with Crippen molar-refractivity contribution < 1.29 is 22.3 Å². The summed E-state index contributed by atoms with van der Waals surface area (Å²) in [7, 11) is -0.700. The van der Waals surface area contributed by atoms with Crippen LogP contribution in [0.3, 0.4) is 0 Å². The second-order valence-electron chi connectivity index (χ2n) is 4.97. The summed E-state index contributed by atoms with van der Waals surface area (Å²) in [5.74, 6) is -0.480. The SMILES string of the molecule is COCCOc1cc(-c2nn(C)c(S(C)(=O)=O)c2Cl)c(F)cc1Cl. The van der Waals surface area contributed by atoms with Gasteiger partial charge < -0.3 is 9.47 Å². The van der Waals surface area contributed by atoms with E-state index >= 15 is 0 Å². The van der Waals surface area contributed by atoms with E-state index in [2.05, 4.69) is 5.10 Å². The third kappa shape index (κ3) is 3.83. The smallest absolute Gasteiger partial charge is 0.193 e. The zero-order chi connectivity index (χ0) is 18.1. The molecule has 0 aliphatic carbocycles.